The number of thiophene rings is 1. The lowest BCUT2D eigenvalue weighted by atomic mass is 9.98. The monoisotopic (exact) mass is 266 g/mol. The molecule has 1 unspecified atom stereocenters. The molecule has 18 heavy (non-hydrogen) atoms. The van der Waals surface area contributed by atoms with Crippen molar-refractivity contribution in [2.75, 3.05) is 19.6 Å². The lowest BCUT2D eigenvalue weighted by Gasteiger charge is -2.32. The van der Waals surface area contributed by atoms with E-state index in [4.69, 9.17) is 0 Å². The van der Waals surface area contributed by atoms with E-state index in [2.05, 4.69) is 44.0 Å². The van der Waals surface area contributed by atoms with Crippen molar-refractivity contribution in [3.8, 4) is 0 Å². The van der Waals surface area contributed by atoms with Crippen LogP contribution in [-0.2, 0) is 6.54 Å². The molecular formula is C15H26N2S. The van der Waals surface area contributed by atoms with E-state index in [1.807, 2.05) is 11.3 Å². The molecule has 1 aliphatic rings. The maximum Gasteiger partial charge on any atom is 0.0328 e. The van der Waals surface area contributed by atoms with Gasteiger partial charge in [-0.05, 0) is 58.3 Å². The molecule has 0 radical (unpaired) electrons. The normalized spacial score (nSPS) is 26.2. The number of nitrogens with zero attached hydrogens (tertiary/aromatic N) is 1. The summed E-state index contributed by atoms with van der Waals surface area (Å²) in [5.41, 5.74) is 1.74. The van der Waals surface area contributed by atoms with E-state index in [9.17, 15) is 0 Å². The van der Waals surface area contributed by atoms with Crippen LogP contribution in [0.2, 0.25) is 0 Å². The molecule has 1 saturated heterocycles. The summed E-state index contributed by atoms with van der Waals surface area (Å²) in [6, 6.07) is 2.36. The van der Waals surface area contributed by atoms with E-state index >= 15 is 0 Å². The molecule has 1 aliphatic heterocycles. The smallest absolute Gasteiger partial charge is 0.0328 e. The molecule has 1 aromatic rings. The van der Waals surface area contributed by atoms with E-state index in [-0.39, 0.29) is 5.54 Å². The minimum absolute atomic E-state index is 0.290. The van der Waals surface area contributed by atoms with Gasteiger partial charge in [-0.15, -0.1) is 11.3 Å². The Kier molecular flexibility index (Phi) is 4.46. The molecule has 0 aliphatic carbocycles. The van der Waals surface area contributed by atoms with Gasteiger partial charge < -0.3 is 5.32 Å². The average Bonchev–Trinajstić information content (AvgIpc) is 2.53. The third-order valence-electron chi connectivity index (χ3n) is 4.15. The van der Waals surface area contributed by atoms with Gasteiger partial charge in [0.1, 0.15) is 0 Å². The van der Waals surface area contributed by atoms with Crippen molar-refractivity contribution in [3.05, 3.63) is 21.4 Å². The van der Waals surface area contributed by atoms with Crippen LogP contribution in [0.1, 0.15) is 42.0 Å². The van der Waals surface area contributed by atoms with Gasteiger partial charge in [0.05, 0.1) is 0 Å². The molecule has 2 nitrogen and oxygen atoms in total. The Labute approximate surface area is 115 Å². The van der Waals surface area contributed by atoms with Crippen molar-refractivity contribution in [1.82, 2.24) is 10.2 Å². The summed E-state index contributed by atoms with van der Waals surface area (Å²) in [7, 11) is 0. The fourth-order valence-corrected chi connectivity index (χ4v) is 3.74. The minimum atomic E-state index is 0.290. The minimum Gasteiger partial charge on any atom is -0.310 e. The van der Waals surface area contributed by atoms with Gasteiger partial charge in [-0.1, -0.05) is 6.92 Å². The highest BCUT2D eigenvalue weighted by Gasteiger charge is 2.27. The van der Waals surface area contributed by atoms with Gasteiger partial charge in [0.15, 0.2) is 0 Å². The van der Waals surface area contributed by atoms with Crippen LogP contribution in [0.3, 0.4) is 0 Å². The maximum absolute atomic E-state index is 3.70. The largest absolute Gasteiger partial charge is 0.310 e. The van der Waals surface area contributed by atoms with Gasteiger partial charge in [0.2, 0.25) is 0 Å². The van der Waals surface area contributed by atoms with Gasteiger partial charge in [0, 0.05) is 28.4 Å². The summed E-state index contributed by atoms with van der Waals surface area (Å²) >= 11 is 1.96. The third kappa shape index (κ3) is 3.34. The molecule has 0 bridgehead atoms. The number of aryl methyl sites for hydroxylation is 2. The Morgan fingerprint density at radius 1 is 1.44 bits per heavy atom. The summed E-state index contributed by atoms with van der Waals surface area (Å²) < 4.78 is 0. The van der Waals surface area contributed by atoms with Crippen molar-refractivity contribution in [3.63, 3.8) is 0 Å². The van der Waals surface area contributed by atoms with Crippen molar-refractivity contribution in [2.24, 2.45) is 0 Å². The molecule has 1 aromatic heterocycles. The third-order valence-corrected chi connectivity index (χ3v) is 5.29. The summed E-state index contributed by atoms with van der Waals surface area (Å²) in [4.78, 5) is 5.61. The predicted molar refractivity (Wildman–Crippen MR) is 80.4 cm³/mol. The van der Waals surface area contributed by atoms with Gasteiger partial charge in [-0.25, -0.2) is 0 Å². The lowest BCUT2D eigenvalue weighted by Crippen LogP contribution is -2.48. The van der Waals surface area contributed by atoms with Crippen LogP contribution in [-0.4, -0.2) is 30.1 Å². The second-order valence-electron chi connectivity index (χ2n) is 5.86. The molecule has 0 spiro atoms. The molecule has 102 valence electrons. The molecule has 2 rings (SSSR count). The summed E-state index contributed by atoms with van der Waals surface area (Å²) in [6.45, 7) is 13.8. The van der Waals surface area contributed by atoms with Crippen LogP contribution >= 0.6 is 11.3 Å². The maximum atomic E-state index is 3.70. The van der Waals surface area contributed by atoms with Crippen LogP contribution in [0.5, 0.6) is 0 Å². The Hall–Kier alpha value is -0.380. The van der Waals surface area contributed by atoms with Crippen molar-refractivity contribution in [2.45, 2.75) is 52.6 Å². The standard InChI is InChI=1S/C15H26N2S/c1-5-15(4)11-17(8-6-7-16-15)10-14-9-12(2)13(3)18-14/h9,16H,5-8,10-11H2,1-4H3. The predicted octanol–water partition coefficient (Wildman–Crippen LogP) is 3.33. The van der Waals surface area contributed by atoms with Crippen LogP contribution in [0.4, 0.5) is 0 Å². The van der Waals surface area contributed by atoms with Crippen LogP contribution < -0.4 is 5.32 Å². The highest BCUT2D eigenvalue weighted by atomic mass is 32.1. The second kappa shape index (κ2) is 5.72. The summed E-state index contributed by atoms with van der Waals surface area (Å²) in [5, 5.41) is 3.70. The molecule has 1 fully saturated rings. The number of nitrogens with one attached hydrogen (secondary N) is 1. The Morgan fingerprint density at radius 3 is 2.83 bits per heavy atom. The summed E-state index contributed by atoms with van der Waals surface area (Å²) in [5.74, 6) is 0. The highest BCUT2D eigenvalue weighted by Crippen LogP contribution is 2.24. The van der Waals surface area contributed by atoms with Gasteiger partial charge in [-0.3, -0.25) is 4.90 Å². The molecule has 0 amide bonds. The Morgan fingerprint density at radius 2 is 2.22 bits per heavy atom. The van der Waals surface area contributed by atoms with Crippen LogP contribution in [0.25, 0.3) is 0 Å². The first kappa shape index (κ1) is 14.0. The SMILES string of the molecule is CCC1(C)CN(Cc2cc(C)c(C)s2)CCCN1. The Balaban J connectivity index is 2.03. The molecule has 0 saturated carbocycles. The molecular weight excluding hydrogens is 240 g/mol. The molecule has 0 aromatic carbocycles. The Bertz CT molecular complexity index is 380. The fraction of sp³-hybridized carbons (Fsp3) is 0.733. The van der Waals surface area contributed by atoms with E-state index in [1.165, 1.54) is 41.2 Å². The average molecular weight is 266 g/mol. The first-order valence-corrected chi connectivity index (χ1v) is 7.87. The zero-order valence-electron chi connectivity index (χ0n) is 12.2. The number of hydrogen-bond donors (Lipinski definition) is 1. The number of rotatable bonds is 3. The van der Waals surface area contributed by atoms with E-state index in [0.29, 0.717) is 0 Å². The van der Waals surface area contributed by atoms with Crippen LogP contribution in [0.15, 0.2) is 6.07 Å². The van der Waals surface area contributed by atoms with Gasteiger partial charge >= 0.3 is 0 Å². The van der Waals surface area contributed by atoms with E-state index < -0.39 is 0 Å². The first-order valence-electron chi connectivity index (χ1n) is 7.06. The van der Waals surface area contributed by atoms with Crippen molar-refractivity contribution < 1.29 is 0 Å². The van der Waals surface area contributed by atoms with Gasteiger partial charge in [0.25, 0.3) is 0 Å². The molecule has 3 heteroatoms. The first-order chi connectivity index (χ1) is 8.52. The highest BCUT2D eigenvalue weighted by molar-refractivity contribution is 7.12. The molecule has 2 heterocycles. The number of hydrogen-bond acceptors (Lipinski definition) is 3. The zero-order chi connectivity index (χ0) is 13.2. The molecule has 1 N–H and O–H groups in total. The second-order valence-corrected chi connectivity index (χ2v) is 7.20. The molecule has 1 atom stereocenters. The topological polar surface area (TPSA) is 15.3 Å². The fourth-order valence-electron chi connectivity index (χ4n) is 2.64. The van der Waals surface area contributed by atoms with Gasteiger partial charge in [-0.2, -0.15) is 0 Å². The van der Waals surface area contributed by atoms with Crippen LogP contribution in [0, 0.1) is 13.8 Å². The lowest BCUT2D eigenvalue weighted by molar-refractivity contribution is 0.210. The van der Waals surface area contributed by atoms with Crippen molar-refractivity contribution in [1.29, 1.82) is 0 Å². The zero-order valence-corrected chi connectivity index (χ0v) is 13.0. The van der Waals surface area contributed by atoms with E-state index in [1.54, 1.807) is 0 Å². The quantitative estimate of drug-likeness (QED) is 0.903. The summed E-state index contributed by atoms with van der Waals surface area (Å²) in [6.07, 6.45) is 2.46. The van der Waals surface area contributed by atoms with Crippen molar-refractivity contribution >= 4 is 11.3 Å². The van der Waals surface area contributed by atoms with E-state index in [0.717, 1.165) is 13.1 Å².